The predicted molar refractivity (Wildman–Crippen MR) is 87.0 cm³/mol. The van der Waals surface area contributed by atoms with E-state index in [1.807, 2.05) is 61.7 Å². The van der Waals surface area contributed by atoms with Crippen LogP contribution in [0.15, 0.2) is 53.4 Å². The van der Waals surface area contributed by atoms with Crippen molar-refractivity contribution in [2.45, 2.75) is 18.4 Å². The molecule has 21 heavy (non-hydrogen) atoms. The molecule has 0 bridgehead atoms. The molecule has 0 saturated heterocycles. The summed E-state index contributed by atoms with van der Waals surface area (Å²) in [6.45, 7) is 3.12. The smallest absolute Gasteiger partial charge is 0.252 e. The van der Waals surface area contributed by atoms with Crippen molar-refractivity contribution >= 4 is 17.7 Å². The van der Waals surface area contributed by atoms with E-state index in [1.165, 1.54) is 0 Å². The Morgan fingerprint density at radius 2 is 1.86 bits per heavy atom. The number of rotatable bonds is 6. The molecular formula is C17H19NO2S. The predicted octanol–water partition coefficient (Wildman–Crippen LogP) is 3.74. The molecule has 0 saturated carbocycles. The quantitative estimate of drug-likeness (QED) is 0.826. The molecule has 2 rings (SSSR count). The highest BCUT2D eigenvalue weighted by Crippen LogP contribution is 2.19. The zero-order chi connectivity index (χ0) is 15.1. The Labute approximate surface area is 129 Å². The first-order valence-corrected chi connectivity index (χ1v) is 8.10. The van der Waals surface area contributed by atoms with Crippen molar-refractivity contribution in [3.05, 3.63) is 59.7 Å². The number of benzene rings is 2. The van der Waals surface area contributed by atoms with Crippen molar-refractivity contribution in [2.24, 2.45) is 0 Å². The molecule has 0 heterocycles. The Hall–Kier alpha value is -1.94. The molecule has 0 aliphatic carbocycles. The van der Waals surface area contributed by atoms with Gasteiger partial charge in [0.15, 0.2) is 0 Å². The molecule has 0 aromatic heterocycles. The standard InChI is InChI=1S/C17H19NO2S/c1-3-20-14-10-8-13(9-11-14)12-18-17(19)15-6-4-5-7-16(15)21-2/h4-11H,3,12H2,1-2H3,(H,18,19). The van der Waals surface area contributed by atoms with E-state index in [0.717, 1.165) is 21.8 Å². The lowest BCUT2D eigenvalue weighted by molar-refractivity contribution is 0.0948. The molecule has 1 N–H and O–H groups in total. The second-order valence-corrected chi connectivity index (χ2v) is 5.31. The fraction of sp³-hybridized carbons (Fsp3) is 0.235. The van der Waals surface area contributed by atoms with Crippen LogP contribution in [0.2, 0.25) is 0 Å². The van der Waals surface area contributed by atoms with Gasteiger partial charge in [-0.3, -0.25) is 4.79 Å². The van der Waals surface area contributed by atoms with Gasteiger partial charge in [0.2, 0.25) is 0 Å². The van der Waals surface area contributed by atoms with Crippen molar-refractivity contribution in [3.63, 3.8) is 0 Å². The first-order valence-electron chi connectivity index (χ1n) is 6.87. The molecule has 3 nitrogen and oxygen atoms in total. The van der Waals surface area contributed by atoms with Gasteiger partial charge in [-0.1, -0.05) is 24.3 Å². The van der Waals surface area contributed by atoms with E-state index >= 15 is 0 Å². The summed E-state index contributed by atoms with van der Waals surface area (Å²) in [5, 5.41) is 2.95. The van der Waals surface area contributed by atoms with Crippen LogP contribution in [0.5, 0.6) is 5.75 Å². The van der Waals surface area contributed by atoms with Gasteiger partial charge in [0, 0.05) is 11.4 Å². The van der Waals surface area contributed by atoms with Crippen LogP contribution >= 0.6 is 11.8 Å². The minimum atomic E-state index is -0.0474. The third-order valence-corrected chi connectivity index (χ3v) is 3.83. The molecule has 4 heteroatoms. The van der Waals surface area contributed by atoms with Gasteiger partial charge >= 0.3 is 0 Å². The van der Waals surface area contributed by atoms with Crippen LogP contribution in [-0.2, 0) is 6.54 Å². The largest absolute Gasteiger partial charge is 0.494 e. The summed E-state index contributed by atoms with van der Waals surface area (Å²) in [6, 6.07) is 15.4. The SMILES string of the molecule is CCOc1ccc(CNC(=O)c2ccccc2SC)cc1. The van der Waals surface area contributed by atoms with Crippen molar-refractivity contribution < 1.29 is 9.53 Å². The van der Waals surface area contributed by atoms with Crippen molar-refractivity contribution in [1.82, 2.24) is 5.32 Å². The average molecular weight is 301 g/mol. The van der Waals surface area contributed by atoms with E-state index in [-0.39, 0.29) is 5.91 Å². The number of amides is 1. The van der Waals surface area contributed by atoms with E-state index in [2.05, 4.69) is 5.32 Å². The van der Waals surface area contributed by atoms with Crippen molar-refractivity contribution in [2.75, 3.05) is 12.9 Å². The molecule has 2 aromatic rings. The Morgan fingerprint density at radius 3 is 2.52 bits per heavy atom. The van der Waals surface area contributed by atoms with Crippen LogP contribution in [-0.4, -0.2) is 18.8 Å². The average Bonchev–Trinajstić information content (AvgIpc) is 2.54. The summed E-state index contributed by atoms with van der Waals surface area (Å²) in [7, 11) is 0. The number of hydrogen-bond acceptors (Lipinski definition) is 3. The molecule has 0 aliphatic heterocycles. The maximum absolute atomic E-state index is 12.2. The van der Waals surface area contributed by atoms with Gasteiger partial charge in [0.05, 0.1) is 12.2 Å². The number of ether oxygens (including phenoxy) is 1. The zero-order valence-electron chi connectivity index (χ0n) is 12.3. The minimum Gasteiger partial charge on any atom is -0.494 e. The zero-order valence-corrected chi connectivity index (χ0v) is 13.1. The van der Waals surface area contributed by atoms with Crippen LogP contribution in [0.25, 0.3) is 0 Å². The van der Waals surface area contributed by atoms with Crippen LogP contribution < -0.4 is 10.1 Å². The molecule has 0 atom stereocenters. The van der Waals surface area contributed by atoms with Gasteiger partial charge < -0.3 is 10.1 Å². The lowest BCUT2D eigenvalue weighted by atomic mass is 10.2. The van der Waals surface area contributed by atoms with Crippen LogP contribution in [0.1, 0.15) is 22.8 Å². The van der Waals surface area contributed by atoms with Gasteiger partial charge in [-0.2, -0.15) is 0 Å². The van der Waals surface area contributed by atoms with Gasteiger partial charge in [-0.05, 0) is 43.0 Å². The first kappa shape index (κ1) is 15.4. The van der Waals surface area contributed by atoms with Crippen LogP contribution in [0, 0.1) is 0 Å². The Kier molecular flexibility index (Phi) is 5.69. The number of carbonyl (C=O) groups is 1. The summed E-state index contributed by atoms with van der Waals surface area (Å²) < 4.78 is 5.40. The second kappa shape index (κ2) is 7.74. The molecule has 0 spiro atoms. The summed E-state index contributed by atoms with van der Waals surface area (Å²) in [5.41, 5.74) is 1.77. The van der Waals surface area contributed by atoms with Crippen molar-refractivity contribution in [1.29, 1.82) is 0 Å². The third-order valence-electron chi connectivity index (χ3n) is 3.04. The maximum atomic E-state index is 12.2. The summed E-state index contributed by atoms with van der Waals surface area (Å²) in [4.78, 5) is 13.2. The number of thioether (sulfide) groups is 1. The summed E-state index contributed by atoms with van der Waals surface area (Å²) in [6.07, 6.45) is 1.97. The molecule has 0 radical (unpaired) electrons. The second-order valence-electron chi connectivity index (χ2n) is 4.46. The van der Waals surface area contributed by atoms with Crippen molar-refractivity contribution in [3.8, 4) is 5.75 Å². The molecular weight excluding hydrogens is 282 g/mol. The summed E-state index contributed by atoms with van der Waals surface area (Å²) >= 11 is 1.58. The van der Waals surface area contributed by atoms with E-state index in [9.17, 15) is 4.79 Å². The molecule has 2 aromatic carbocycles. The van der Waals surface area contributed by atoms with E-state index in [4.69, 9.17) is 4.74 Å². The Balaban J connectivity index is 1.97. The normalized spacial score (nSPS) is 10.2. The topological polar surface area (TPSA) is 38.3 Å². The molecule has 0 unspecified atom stereocenters. The maximum Gasteiger partial charge on any atom is 0.252 e. The first-order chi connectivity index (χ1) is 10.2. The lowest BCUT2D eigenvalue weighted by Crippen LogP contribution is -2.23. The highest BCUT2D eigenvalue weighted by molar-refractivity contribution is 7.98. The molecule has 0 aliphatic rings. The van der Waals surface area contributed by atoms with Crippen LogP contribution in [0.4, 0.5) is 0 Å². The monoisotopic (exact) mass is 301 g/mol. The minimum absolute atomic E-state index is 0.0474. The Morgan fingerprint density at radius 1 is 1.14 bits per heavy atom. The Bertz CT molecular complexity index is 596. The highest BCUT2D eigenvalue weighted by Gasteiger charge is 2.09. The van der Waals surface area contributed by atoms with Gasteiger partial charge in [-0.25, -0.2) is 0 Å². The number of hydrogen-bond donors (Lipinski definition) is 1. The van der Waals surface area contributed by atoms with E-state index < -0.39 is 0 Å². The third kappa shape index (κ3) is 4.26. The van der Waals surface area contributed by atoms with Gasteiger partial charge in [-0.15, -0.1) is 11.8 Å². The summed E-state index contributed by atoms with van der Waals surface area (Å²) in [5.74, 6) is 0.800. The van der Waals surface area contributed by atoms with Gasteiger partial charge in [0.1, 0.15) is 5.75 Å². The van der Waals surface area contributed by atoms with E-state index in [0.29, 0.717) is 13.2 Å². The van der Waals surface area contributed by atoms with E-state index in [1.54, 1.807) is 11.8 Å². The molecule has 110 valence electrons. The lowest BCUT2D eigenvalue weighted by Gasteiger charge is -2.09. The number of carbonyl (C=O) groups excluding carboxylic acids is 1. The highest BCUT2D eigenvalue weighted by atomic mass is 32.2. The number of nitrogens with one attached hydrogen (secondary N) is 1. The fourth-order valence-electron chi connectivity index (χ4n) is 1.98. The van der Waals surface area contributed by atoms with Gasteiger partial charge in [0.25, 0.3) is 5.91 Å². The molecule has 0 fully saturated rings. The van der Waals surface area contributed by atoms with Crippen LogP contribution in [0.3, 0.4) is 0 Å². The molecule has 1 amide bonds. The fourth-order valence-corrected chi connectivity index (χ4v) is 2.58.